The Labute approximate surface area is 341 Å². The predicted octanol–water partition coefficient (Wildman–Crippen LogP) is 8.28. The SMILES string of the molecule is O=C1CCC(N2C(=O)c3ccc(OCCCOCCCOCCCCOc4ccc(Oc5c(-c6ccc(Br)cc6)sc6cc(O)ccc56)cc4)cc3C2=O)C(=O)N1. The van der Waals surface area contributed by atoms with E-state index in [0.717, 1.165) is 60.7 Å². The molecule has 1 atom stereocenters. The Morgan fingerprint density at radius 3 is 2.09 bits per heavy atom. The van der Waals surface area contributed by atoms with Crippen LogP contribution in [0.4, 0.5) is 0 Å². The molecule has 2 aliphatic heterocycles. The number of carbonyl (C=O) groups is 4. The highest BCUT2D eigenvalue weighted by Crippen LogP contribution is 2.47. The Morgan fingerprint density at radius 1 is 0.702 bits per heavy atom. The molecule has 0 aliphatic carbocycles. The second-order valence-corrected chi connectivity index (χ2v) is 15.5. The van der Waals surface area contributed by atoms with E-state index in [1.165, 1.54) is 12.1 Å². The minimum atomic E-state index is -1.00. The lowest BCUT2D eigenvalue weighted by Gasteiger charge is -2.27. The first-order valence-electron chi connectivity index (χ1n) is 18.8. The molecule has 2 aliphatic rings. The summed E-state index contributed by atoms with van der Waals surface area (Å²) in [5.41, 5.74) is 1.43. The fraction of sp³-hybridized carbons (Fsp3) is 0.302. The molecule has 0 bridgehead atoms. The summed E-state index contributed by atoms with van der Waals surface area (Å²) < 4.78 is 31.5. The van der Waals surface area contributed by atoms with Gasteiger partial charge in [0, 0.05) is 53.8 Å². The lowest BCUT2D eigenvalue weighted by Crippen LogP contribution is -2.54. The number of unbranched alkanes of at least 4 members (excludes halogenated alkanes) is 1. The predicted molar refractivity (Wildman–Crippen MR) is 217 cm³/mol. The number of hydrogen-bond donors (Lipinski definition) is 2. The molecule has 4 aromatic carbocycles. The summed E-state index contributed by atoms with van der Waals surface area (Å²) in [6.07, 6.45) is 3.30. The maximum atomic E-state index is 13.0. The fourth-order valence-electron chi connectivity index (χ4n) is 6.53. The number of hydrogen-bond acceptors (Lipinski definition) is 11. The zero-order valence-electron chi connectivity index (χ0n) is 31.0. The number of amides is 4. The molecule has 57 heavy (non-hydrogen) atoms. The monoisotopic (exact) mass is 856 g/mol. The van der Waals surface area contributed by atoms with Crippen LogP contribution in [0.3, 0.4) is 0 Å². The van der Waals surface area contributed by atoms with E-state index < -0.39 is 29.7 Å². The van der Waals surface area contributed by atoms with Crippen LogP contribution in [-0.2, 0) is 19.1 Å². The summed E-state index contributed by atoms with van der Waals surface area (Å²) in [7, 11) is 0. The third-order valence-corrected chi connectivity index (χ3v) is 11.1. The molecule has 0 radical (unpaired) electrons. The minimum Gasteiger partial charge on any atom is -0.508 e. The third-order valence-electron chi connectivity index (χ3n) is 9.42. The van der Waals surface area contributed by atoms with Crippen molar-refractivity contribution in [3.8, 4) is 39.2 Å². The Balaban J connectivity index is 0.735. The van der Waals surface area contributed by atoms with Gasteiger partial charge in [-0.2, -0.15) is 0 Å². The molecule has 12 nitrogen and oxygen atoms in total. The van der Waals surface area contributed by atoms with E-state index in [0.29, 0.717) is 57.6 Å². The van der Waals surface area contributed by atoms with Crippen LogP contribution in [0.15, 0.2) is 89.4 Å². The van der Waals surface area contributed by atoms with Crippen LogP contribution < -0.4 is 19.5 Å². The lowest BCUT2D eigenvalue weighted by atomic mass is 10.0. The van der Waals surface area contributed by atoms with Crippen molar-refractivity contribution < 1.29 is 48.0 Å². The quantitative estimate of drug-likeness (QED) is 0.0614. The van der Waals surface area contributed by atoms with E-state index in [1.54, 1.807) is 29.5 Å². The average molecular weight is 858 g/mol. The normalized spacial score (nSPS) is 15.2. The highest BCUT2D eigenvalue weighted by atomic mass is 79.9. The van der Waals surface area contributed by atoms with Crippen molar-refractivity contribution in [3.63, 3.8) is 0 Å². The molecule has 7 rings (SSSR count). The van der Waals surface area contributed by atoms with Gasteiger partial charge in [-0.1, -0.05) is 28.1 Å². The maximum Gasteiger partial charge on any atom is 0.262 e. The van der Waals surface area contributed by atoms with Crippen LogP contribution in [0, 0.1) is 0 Å². The fourth-order valence-corrected chi connectivity index (χ4v) is 7.96. The van der Waals surface area contributed by atoms with Gasteiger partial charge in [0.2, 0.25) is 11.8 Å². The maximum absolute atomic E-state index is 13.0. The zero-order chi connectivity index (χ0) is 39.7. The summed E-state index contributed by atoms with van der Waals surface area (Å²) in [5.74, 6) is 0.692. The summed E-state index contributed by atoms with van der Waals surface area (Å²) >= 11 is 5.08. The molecule has 5 aromatic rings. The van der Waals surface area contributed by atoms with Gasteiger partial charge in [0.05, 0.1) is 29.2 Å². The van der Waals surface area contributed by atoms with Crippen molar-refractivity contribution in [2.24, 2.45) is 0 Å². The van der Waals surface area contributed by atoms with Crippen molar-refractivity contribution in [2.75, 3.05) is 39.6 Å². The lowest BCUT2D eigenvalue weighted by molar-refractivity contribution is -0.136. The summed E-state index contributed by atoms with van der Waals surface area (Å²) in [4.78, 5) is 51.5. The third kappa shape index (κ3) is 9.82. The second-order valence-electron chi connectivity index (χ2n) is 13.5. The Morgan fingerprint density at radius 2 is 1.33 bits per heavy atom. The van der Waals surface area contributed by atoms with Crippen LogP contribution in [0.25, 0.3) is 20.5 Å². The molecule has 296 valence electrons. The van der Waals surface area contributed by atoms with E-state index in [2.05, 4.69) is 21.2 Å². The van der Waals surface area contributed by atoms with Gasteiger partial charge in [-0.3, -0.25) is 29.4 Å². The van der Waals surface area contributed by atoms with E-state index >= 15 is 0 Å². The first kappa shape index (κ1) is 39.9. The zero-order valence-corrected chi connectivity index (χ0v) is 33.4. The molecule has 1 fully saturated rings. The summed E-state index contributed by atoms with van der Waals surface area (Å²) in [6.45, 7) is 3.23. The van der Waals surface area contributed by atoms with Gasteiger partial charge in [-0.25, -0.2) is 0 Å². The van der Waals surface area contributed by atoms with Crippen LogP contribution in [0.2, 0.25) is 0 Å². The van der Waals surface area contributed by atoms with Crippen LogP contribution in [0.1, 0.15) is 59.2 Å². The number of ether oxygens (including phenoxy) is 5. The van der Waals surface area contributed by atoms with Crippen molar-refractivity contribution in [1.29, 1.82) is 0 Å². The molecule has 14 heteroatoms. The molecule has 4 amide bonds. The van der Waals surface area contributed by atoms with Crippen LogP contribution in [0.5, 0.6) is 28.7 Å². The van der Waals surface area contributed by atoms with E-state index in [-0.39, 0.29) is 29.7 Å². The number of nitrogens with one attached hydrogen (secondary N) is 1. The van der Waals surface area contributed by atoms with Crippen molar-refractivity contribution in [2.45, 2.75) is 44.6 Å². The second kappa shape index (κ2) is 18.8. The van der Waals surface area contributed by atoms with Gasteiger partial charge < -0.3 is 28.8 Å². The Bertz CT molecular complexity index is 2240. The highest BCUT2D eigenvalue weighted by molar-refractivity contribution is 9.10. The number of piperidine rings is 1. The molecule has 0 saturated carbocycles. The van der Waals surface area contributed by atoms with Gasteiger partial charge in [0.15, 0.2) is 5.75 Å². The smallest absolute Gasteiger partial charge is 0.262 e. The number of aromatic hydroxyl groups is 1. The number of benzene rings is 4. The van der Waals surface area contributed by atoms with Gasteiger partial charge in [-0.05, 0) is 104 Å². The van der Waals surface area contributed by atoms with Gasteiger partial charge in [-0.15, -0.1) is 11.3 Å². The summed E-state index contributed by atoms with van der Waals surface area (Å²) in [6, 6.07) is 24.6. The van der Waals surface area contributed by atoms with Crippen molar-refractivity contribution in [1.82, 2.24) is 10.2 Å². The number of imide groups is 2. The molecule has 1 unspecified atom stereocenters. The molecular formula is C43H41BrN2O10S. The number of halogens is 1. The highest BCUT2D eigenvalue weighted by Gasteiger charge is 2.44. The number of phenolic OH excluding ortho intramolecular Hbond substituents is 1. The average Bonchev–Trinajstić information content (AvgIpc) is 3.67. The Hall–Kier alpha value is -5.28. The van der Waals surface area contributed by atoms with Crippen molar-refractivity contribution >= 4 is 61.0 Å². The van der Waals surface area contributed by atoms with E-state index in [4.69, 9.17) is 23.7 Å². The van der Waals surface area contributed by atoms with Crippen LogP contribution >= 0.6 is 27.3 Å². The van der Waals surface area contributed by atoms with Crippen molar-refractivity contribution in [3.05, 3.63) is 101 Å². The number of thiophene rings is 1. The standard InChI is InChI=1S/C43H41BrN2O10S/c44-28-7-5-27(6-8-28)40-39(34-15-9-29(47)25-37(34)57-40)56-31-12-10-30(11-13-31)54-23-2-1-19-52-20-3-21-53-22-4-24-55-32-14-16-33-35(26-32)43(51)46(42(33)50)36-17-18-38(48)45-41(36)49/h5-16,25-26,36,47H,1-4,17-24H2,(H,45,48,49). The summed E-state index contributed by atoms with van der Waals surface area (Å²) in [5, 5.41) is 13.2. The topological polar surface area (TPSA) is 150 Å². The molecule has 0 spiro atoms. The molecular weight excluding hydrogens is 816 g/mol. The number of carbonyl (C=O) groups excluding carboxylic acids is 4. The van der Waals surface area contributed by atoms with Gasteiger partial charge >= 0.3 is 0 Å². The van der Waals surface area contributed by atoms with Gasteiger partial charge in [0.25, 0.3) is 11.8 Å². The Kier molecular flexibility index (Phi) is 13.2. The molecule has 2 N–H and O–H groups in total. The number of nitrogens with zero attached hydrogens (tertiary/aromatic N) is 1. The van der Waals surface area contributed by atoms with Gasteiger partial charge in [0.1, 0.15) is 29.0 Å². The number of fused-ring (bicyclic) bond motifs is 2. The molecule has 3 heterocycles. The minimum absolute atomic E-state index is 0.0693. The van der Waals surface area contributed by atoms with E-state index in [9.17, 15) is 24.3 Å². The first-order chi connectivity index (χ1) is 27.7. The molecule has 1 aromatic heterocycles. The largest absolute Gasteiger partial charge is 0.508 e. The number of phenols is 1. The number of rotatable bonds is 19. The van der Waals surface area contributed by atoms with Crippen LogP contribution in [-0.4, -0.2) is 79.3 Å². The molecule has 1 saturated heterocycles. The first-order valence-corrected chi connectivity index (χ1v) is 20.4. The van der Waals surface area contributed by atoms with E-state index in [1.807, 2.05) is 54.6 Å².